The third-order valence-corrected chi connectivity index (χ3v) is 4.51. The van der Waals surface area contributed by atoms with Crippen molar-refractivity contribution in [3.8, 4) is 0 Å². The molecule has 0 bridgehead atoms. The van der Waals surface area contributed by atoms with Crippen LogP contribution in [0.1, 0.15) is 30.3 Å². The number of benzene rings is 1. The van der Waals surface area contributed by atoms with Gasteiger partial charge in [-0.25, -0.2) is 4.39 Å². The van der Waals surface area contributed by atoms with Crippen molar-refractivity contribution in [3.05, 3.63) is 58.0 Å². The van der Waals surface area contributed by atoms with E-state index in [0.717, 1.165) is 17.0 Å². The first-order valence-corrected chi connectivity index (χ1v) is 8.26. The first-order chi connectivity index (χ1) is 10.6. The molecule has 1 atom stereocenters. The van der Waals surface area contributed by atoms with Crippen LogP contribution in [0, 0.1) is 5.82 Å². The van der Waals surface area contributed by atoms with E-state index in [0.29, 0.717) is 13.1 Å². The third-order valence-electron chi connectivity index (χ3n) is 3.46. The summed E-state index contributed by atoms with van der Waals surface area (Å²) in [4.78, 5) is 15.3. The van der Waals surface area contributed by atoms with Gasteiger partial charge in [0.1, 0.15) is 5.82 Å². The fraction of sp³-hybridized carbons (Fsp3) is 0.353. The van der Waals surface area contributed by atoms with Gasteiger partial charge in [0.15, 0.2) is 0 Å². The zero-order valence-electron chi connectivity index (χ0n) is 12.9. The molecule has 22 heavy (non-hydrogen) atoms. The number of amides is 1. The average molecular weight is 320 g/mol. The molecule has 0 spiro atoms. The Morgan fingerprint density at radius 1 is 1.36 bits per heavy atom. The Kier molecular flexibility index (Phi) is 6.10. The van der Waals surface area contributed by atoms with Crippen LogP contribution >= 0.6 is 11.3 Å². The van der Waals surface area contributed by atoms with Crippen molar-refractivity contribution in [2.45, 2.75) is 26.4 Å². The van der Waals surface area contributed by atoms with E-state index in [9.17, 15) is 9.18 Å². The van der Waals surface area contributed by atoms with Crippen LogP contribution in [0.3, 0.4) is 0 Å². The summed E-state index contributed by atoms with van der Waals surface area (Å²) in [6.45, 7) is 5.58. The van der Waals surface area contributed by atoms with Crippen LogP contribution in [0.15, 0.2) is 41.8 Å². The minimum Gasteiger partial charge on any atom is -0.348 e. The number of nitrogens with one attached hydrogen (secondary N) is 1. The maximum atomic E-state index is 13.2. The molecule has 0 fully saturated rings. The zero-order chi connectivity index (χ0) is 15.9. The first kappa shape index (κ1) is 16.6. The highest BCUT2D eigenvalue weighted by Gasteiger charge is 2.14. The molecule has 0 saturated carbocycles. The molecule has 118 valence electrons. The summed E-state index contributed by atoms with van der Waals surface area (Å²) in [5.74, 6) is -0.261. The quantitative estimate of drug-likeness (QED) is 0.845. The third kappa shape index (κ3) is 4.93. The van der Waals surface area contributed by atoms with Gasteiger partial charge in [0.25, 0.3) is 0 Å². The van der Waals surface area contributed by atoms with E-state index in [-0.39, 0.29) is 17.8 Å². The summed E-state index contributed by atoms with van der Waals surface area (Å²) in [6.07, 6.45) is 0. The minimum absolute atomic E-state index is 0.0142. The van der Waals surface area contributed by atoms with Crippen LogP contribution in [-0.2, 0) is 11.3 Å². The number of hydrogen-bond acceptors (Lipinski definition) is 3. The summed E-state index contributed by atoms with van der Waals surface area (Å²) in [5.41, 5.74) is 0.876. The van der Waals surface area contributed by atoms with Gasteiger partial charge < -0.3 is 5.32 Å². The fourth-order valence-electron chi connectivity index (χ4n) is 2.27. The van der Waals surface area contributed by atoms with Gasteiger partial charge in [-0.05, 0) is 42.6 Å². The fourth-order valence-corrected chi connectivity index (χ4v) is 3.01. The maximum Gasteiger partial charge on any atom is 0.234 e. The van der Waals surface area contributed by atoms with Crippen molar-refractivity contribution in [3.63, 3.8) is 0 Å². The monoisotopic (exact) mass is 320 g/mol. The van der Waals surface area contributed by atoms with E-state index in [1.165, 1.54) is 12.1 Å². The molecule has 0 aliphatic rings. The molecule has 0 aliphatic carbocycles. The topological polar surface area (TPSA) is 32.3 Å². The van der Waals surface area contributed by atoms with Crippen molar-refractivity contribution in [2.75, 3.05) is 13.1 Å². The molecule has 2 rings (SSSR count). The summed E-state index contributed by atoms with van der Waals surface area (Å²) in [5, 5.41) is 5.00. The van der Waals surface area contributed by atoms with E-state index in [2.05, 4.69) is 5.32 Å². The normalized spacial score (nSPS) is 12.4. The van der Waals surface area contributed by atoms with Gasteiger partial charge in [-0.1, -0.05) is 25.1 Å². The average Bonchev–Trinajstić information content (AvgIpc) is 3.00. The molecular weight excluding hydrogens is 299 g/mol. The Hall–Kier alpha value is -1.72. The Morgan fingerprint density at radius 2 is 2.18 bits per heavy atom. The van der Waals surface area contributed by atoms with Crippen molar-refractivity contribution >= 4 is 17.2 Å². The highest BCUT2D eigenvalue weighted by Crippen LogP contribution is 2.18. The molecule has 1 amide bonds. The van der Waals surface area contributed by atoms with Gasteiger partial charge in [0, 0.05) is 11.4 Å². The van der Waals surface area contributed by atoms with Gasteiger partial charge in [-0.2, -0.15) is 0 Å². The van der Waals surface area contributed by atoms with Gasteiger partial charge in [-0.15, -0.1) is 11.3 Å². The number of nitrogens with zero attached hydrogens (tertiary/aromatic N) is 1. The summed E-state index contributed by atoms with van der Waals surface area (Å²) >= 11 is 1.63. The Bertz CT molecular complexity index is 600. The van der Waals surface area contributed by atoms with Crippen LogP contribution in [-0.4, -0.2) is 23.9 Å². The van der Waals surface area contributed by atoms with E-state index in [1.54, 1.807) is 17.4 Å². The smallest absolute Gasteiger partial charge is 0.234 e. The summed E-state index contributed by atoms with van der Waals surface area (Å²) in [7, 11) is 0. The zero-order valence-corrected chi connectivity index (χ0v) is 13.7. The lowest BCUT2D eigenvalue weighted by atomic mass is 10.2. The van der Waals surface area contributed by atoms with Crippen LogP contribution in [0.25, 0.3) is 0 Å². The van der Waals surface area contributed by atoms with Crippen LogP contribution in [0.4, 0.5) is 4.39 Å². The lowest BCUT2D eigenvalue weighted by Crippen LogP contribution is -2.37. The molecule has 1 aromatic heterocycles. The van der Waals surface area contributed by atoms with Crippen molar-refractivity contribution in [1.29, 1.82) is 0 Å². The molecule has 1 heterocycles. The Labute approximate surface area is 134 Å². The molecule has 0 saturated heterocycles. The summed E-state index contributed by atoms with van der Waals surface area (Å²) in [6, 6.07) is 10.5. The molecule has 1 unspecified atom stereocenters. The van der Waals surface area contributed by atoms with Gasteiger partial charge in [0.2, 0.25) is 5.91 Å². The van der Waals surface area contributed by atoms with E-state index >= 15 is 0 Å². The molecule has 2 aromatic rings. The predicted molar refractivity (Wildman–Crippen MR) is 88.2 cm³/mol. The van der Waals surface area contributed by atoms with E-state index in [4.69, 9.17) is 0 Å². The van der Waals surface area contributed by atoms with Crippen molar-refractivity contribution < 1.29 is 9.18 Å². The highest BCUT2D eigenvalue weighted by molar-refractivity contribution is 7.10. The van der Waals surface area contributed by atoms with Gasteiger partial charge in [-0.3, -0.25) is 9.69 Å². The SMILES string of the molecule is CCN(CC(=O)NC(C)c1cccs1)Cc1cccc(F)c1. The molecular formula is C17H21FN2OS. The van der Waals surface area contributed by atoms with E-state index < -0.39 is 0 Å². The van der Waals surface area contributed by atoms with Crippen molar-refractivity contribution in [1.82, 2.24) is 10.2 Å². The standard InChI is InChI=1S/C17H21FN2OS/c1-3-20(11-14-6-4-7-15(18)10-14)12-17(21)19-13(2)16-8-5-9-22-16/h4-10,13H,3,11-12H2,1-2H3,(H,19,21). The molecule has 3 nitrogen and oxygen atoms in total. The Morgan fingerprint density at radius 3 is 2.82 bits per heavy atom. The largest absolute Gasteiger partial charge is 0.348 e. The Balaban J connectivity index is 1.88. The second-order valence-corrected chi connectivity index (χ2v) is 6.22. The predicted octanol–water partition coefficient (Wildman–Crippen LogP) is 3.59. The summed E-state index contributed by atoms with van der Waals surface area (Å²) < 4.78 is 13.2. The van der Waals surface area contributed by atoms with Crippen LogP contribution in [0.2, 0.25) is 0 Å². The van der Waals surface area contributed by atoms with Crippen LogP contribution in [0.5, 0.6) is 0 Å². The first-order valence-electron chi connectivity index (χ1n) is 7.38. The maximum absolute atomic E-state index is 13.2. The van der Waals surface area contributed by atoms with Crippen LogP contribution < -0.4 is 5.32 Å². The van der Waals surface area contributed by atoms with Crippen molar-refractivity contribution in [2.24, 2.45) is 0 Å². The molecule has 1 aromatic carbocycles. The molecule has 0 aliphatic heterocycles. The second-order valence-electron chi connectivity index (χ2n) is 5.24. The highest BCUT2D eigenvalue weighted by atomic mass is 32.1. The lowest BCUT2D eigenvalue weighted by molar-refractivity contribution is -0.123. The number of halogens is 1. The van der Waals surface area contributed by atoms with Gasteiger partial charge in [0.05, 0.1) is 12.6 Å². The number of rotatable bonds is 7. The number of carbonyl (C=O) groups excluding carboxylic acids is 1. The minimum atomic E-state index is -0.246. The number of hydrogen-bond donors (Lipinski definition) is 1. The number of likely N-dealkylation sites (N-methyl/N-ethyl adjacent to an activating group) is 1. The van der Waals surface area contributed by atoms with E-state index in [1.807, 2.05) is 42.3 Å². The molecule has 5 heteroatoms. The van der Waals surface area contributed by atoms with Gasteiger partial charge >= 0.3 is 0 Å². The number of carbonyl (C=O) groups is 1. The second kappa shape index (κ2) is 8.06. The molecule has 0 radical (unpaired) electrons. The number of thiophene rings is 1. The lowest BCUT2D eigenvalue weighted by Gasteiger charge is -2.21. The molecule has 1 N–H and O–H groups in total.